The Morgan fingerprint density at radius 2 is 1.71 bits per heavy atom. The average Bonchev–Trinajstić information content (AvgIpc) is 3.03. The van der Waals surface area contributed by atoms with Gasteiger partial charge in [0, 0.05) is 6.20 Å². The lowest BCUT2D eigenvalue weighted by molar-refractivity contribution is 0.0970. The van der Waals surface area contributed by atoms with Gasteiger partial charge in [-0.15, -0.1) is 0 Å². The van der Waals surface area contributed by atoms with Crippen LogP contribution in [0.4, 0.5) is 5.82 Å². The minimum atomic E-state index is -0.743. The molecule has 1 atom stereocenters. The van der Waals surface area contributed by atoms with Crippen molar-refractivity contribution in [2.45, 2.75) is 19.9 Å². The van der Waals surface area contributed by atoms with Gasteiger partial charge in [-0.2, -0.15) is 0 Å². The summed E-state index contributed by atoms with van der Waals surface area (Å²) in [6.45, 7) is 3.81. The minimum absolute atomic E-state index is 0.0146. The number of hydrogen-bond donors (Lipinski definition) is 0. The third-order valence-corrected chi connectivity index (χ3v) is 6.17. The van der Waals surface area contributed by atoms with E-state index in [1.165, 1.54) is 4.90 Å². The van der Waals surface area contributed by atoms with E-state index in [2.05, 4.69) is 4.98 Å². The number of anilines is 1. The van der Waals surface area contributed by atoms with Crippen LogP contribution in [0.3, 0.4) is 0 Å². The summed E-state index contributed by atoms with van der Waals surface area (Å²) in [7, 11) is 0. The predicted octanol–water partition coefficient (Wildman–Crippen LogP) is 5.86. The Labute approximate surface area is 187 Å². The quantitative estimate of drug-likeness (QED) is 0.383. The summed E-state index contributed by atoms with van der Waals surface area (Å²) in [6, 6.07) is 13.3. The number of nitrogens with zero attached hydrogens (tertiary/aromatic N) is 2. The molecule has 2 aromatic heterocycles. The summed E-state index contributed by atoms with van der Waals surface area (Å²) in [5.41, 5.74) is 2.89. The molecule has 3 heterocycles. The van der Waals surface area contributed by atoms with E-state index >= 15 is 0 Å². The maximum atomic E-state index is 13.6. The van der Waals surface area contributed by atoms with E-state index < -0.39 is 11.9 Å². The van der Waals surface area contributed by atoms with Gasteiger partial charge in [0.2, 0.25) is 5.76 Å². The second kappa shape index (κ2) is 7.22. The van der Waals surface area contributed by atoms with E-state index in [1.54, 1.807) is 42.6 Å². The smallest absolute Gasteiger partial charge is 0.296 e. The van der Waals surface area contributed by atoms with E-state index in [0.29, 0.717) is 32.4 Å². The second-order valence-electron chi connectivity index (χ2n) is 7.62. The standard InChI is InChI=1S/C24H16Cl2N2O3/c1-12-3-6-18-15(9-12)22(29)20-21(14-4-5-16(25)17(26)11-14)28(24(30)23(20)31-18)19-10-13(2)7-8-27-19/h3-11,21H,1-2H3/t21-/m1/s1. The third-order valence-electron chi connectivity index (χ3n) is 5.43. The number of carbonyl (C=O) groups is 1. The van der Waals surface area contributed by atoms with Crippen LogP contribution in [0, 0.1) is 13.8 Å². The summed E-state index contributed by atoms with van der Waals surface area (Å²) in [6.07, 6.45) is 1.63. The lowest BCUT2D eigenvalue weighted by Crippen LogP contribution is -2.30. The molecule has 0 fully saturated rings. The lowest BCUT2D eigenvalue weighted by atomic mass is 9.98. The molecular weight excluding hydrogens is 435 g/mol. The second-order valence-corrected chi connectivity index (χ2v) is 8.43. The molecular formula is C24H16Cl2N2O3. The molecule has 5 rings (SSSR count). The zero-order chi connectivity index (χ0) is 21.9. The predicted molar refractivity (Wildman–Crippen MR) is 121 cm³/mol. The molecule has 2 aromatic carbocycles. The molecule has 0 N–H and O–H groups in total. The fourth-order valence-electron chi connectivity index (χ4n) is 3.97. The van der Waals surface area contributed by atoms with Crippen molar-refractivity contribution in [2.24, 2.45) is 0 Å². The third kappa shape index (κ3) is 3.12. The Morgan fingerprint density at radius 3 is 2.45 bits per heavy atom. The SMILES string of the molecule is Cc1ccnc(N2C(=O)c3oc4ccc(C)cc4c(=O)c3[C@H]2c2ccc(Cl)c(Cl)c2)c1. The molecule has 0 radical (unpaired) electrons. The highest BCUT2D eigenvalue weighted by Crippen LogP contribution is 2.42. The average molecular weight is 451 g/mol. The Bertz CT molecular complexity index is 1440. The Kier molecular flexibility index (Phi) is 4.61. The molecule has 1 amide bonds. The molecule has 0 unspecified atom stereocenters. The Morgan fingerprint density at radius 1 is 0.935 bits per heavy atom. The van der Waals surface area contributed by atoms with Crippen LogP contribution in [0.5, 0.6) is 0 Å². The molecule has 1 aliphatic rings. The van der Waals surface area contributed by atoms with Gasteiger partial charge in [-0.3, -0.25) is 14.5 Å². The van der Waals surface area contributed by atoms with Crippen LogP contribution in [-0.2, 0) is 0 Å². The number of hydrogen-bond acceptors (Lipinski definition) is 4. The van der Waals surface area contributed by atoms with E-state index in [1.807, 2.05) is 26.0 Å². The largest absolute Gasteiger partial charge is 0.450 e. The highest BCUT2D eigenvalue weighted by atomic mass is 35.5. The van der Waals surface area contributed by atoms with Crippen LogP contribution in [-0.4, -0.2) is 10.9 Å². The van der Waals surface area contributed by atoms with Crippen molar-refractivity contribution in [1.82, 2.24) is 4.98 Å². The molecule has 0 saturated carbocycles. The molecule has 0 spiro atoms. The number of carbonyl (C=O) groups excluding carboxylic acids is 1. The summed E-state index contributed by atoms with van der Waals surface area (Å²) < 4.78 is 5.96. The summed E-state index contributed by atoms with van der Waals surface area (Å²) in [5, 5.41) is 1.14. The topological polar surface area (TPSA) is 63.4 Å². The highest BCUT2D eigenvalue weighted by molar-refractivity contribution is 6.42. The van der Waals surface area contributed by atoms with Crippen molar-refractivity contribution < 1.29 is 9.21 Å². The van der Waals surface area contributed by atoms with Gasteiger partial charge in [0.05, 0.1) is 27.0 Å². The maximum Gasteiger partial charge on any atom is 0.296 e. The Balaban J connectivity index is 1.84. The van der Waals surface area contributed by atoms with Crippen molar-refractivity contribution in [3.63, 3.8) is 0 Å². The number of benzene rings is 2. The lowest BCUT2D eigenvalue weighted by Gasteiger charge is -2.24. The minimum Gasteiger partial charge on any atom is -0.450 e. The zero-order valence-electron chi connectivity index (χ0n) is 16.6. The van der Waals surface area contributed by atoms with Gasteiger partial charge in [-0.05, 0) is 61.4 Å². The molecule has 7 heteroatoms. The maximum absolute atomic E-state index is 13.6. The van der Waals surface area contributed by atoms with Gasteiger partial charge in [-0.25, -0.2) is 4.98 Å². The van der Waals surface area contributed by atoms with E-state index in [-0.39, 0.29) is 16.8 Å². The fourth-order valence-corrected chi connectivity index (χ4v) is 4.28. The molecule has 0 bridgehead atoms. The van der Waals surface area contributed by atoms with Gasteiger partial charge < -0.3 is 4.42 Å². The molecule has 154 valence electrons. The summed E-state index contributed by atoms with van der Waals surface area (Å²) in [5.74, 6) is 0.0107. The van der Waals surface area contributed by atoms with E-state index in [0.717, 1.165) is 11.1 Å². The van der Waals surface area contributed by atoms with Crippen molar-refractivity contribution in [1.29, 1.82) is 0 Å². The number of fused-ring (bicyclic) bond motifs is 2. The molecule has 1 aliphatic heterocycles. The van der Waals surface area contributed by atoms with E-state index in [4.69, 9.17) is 27.6 Å². The van der Waals surface area contributed by atoms with Gasteiger partial charge in [0.25, 0.3) is 5.91 Å². The number of amides is 1. The normalized spacial score (nSPS) is 15.5. The van der Waals surface area contributed by atoms with Crippen molar-refractivity contribution in [2.75, 3.05) is 4.90 Å². The zero-order valence-corrected chi connectivity index (χ0v) is 18.2. The van der Waals surface area contributed by atoms with Crippen LogP contribution in [0.1, 0.15) is 38.9 Å². The first-order valence-corrected chi connectivity index (χ1v) is 10.4. The molecule has 5 nitrogen and oxygen atoms in total. The highest BCUT2D eigenvalue weighted by Gasteiger charge is 2.44. The fraction of sp³-hybridized carbons (Fsp3) is 0.125. The van der Waals surface area contributed by atoms with Crippen LogP contribution < -0.4 is 10.3 Å². The summed E-state index contributed by atoms with van der Waals surface area (Å²) >= 11 is 12.4. The molecule has 0 aliphatic carbocycles. The van der Waals surface area contributed by atoms with Crippen LogP contribution >= 0.6 is 23.2 Å². The van der Waals surface area contributed by atoms with Crippen LogP contribution in [0.25, 0.3) is 11.0 Å². The molecule has 4 aromatic rings. The van der Waals surface area contributed by atoms with Crippen molar-refractivity contribution >= 4 is 45.9 Å². The Hall–Kier alpha value is -3.15. The van der Waals surface area contributed by atoms with Crippen molar-refractivity contribution in [3.8, 4) is 0 Å². The molecule has 31 heavy (non-hydrogen) atoms. The first kappa shape index (κ1) is 19.8. The number of aryl methyl sites for hydroxylation is 2. The first-order chi connectivity index (χ1) is 14.8. The van der Waals surface area contributed by atoms with Gasteiger partial charge in [0.1, 0.15) is 11.4 Å². The van der Waals surface area contributed by atoms with Crippen LogP contribution in [0.15, 0.2) is 63.9 Å². The monoisotopic (exact) mass is 450 g/mol. The van der Waals surface area contributed by atoms with Gasteiger partial charge in [-0.1, -0.05) is 40.9 Å². The van der Waals surface area contributed by atoms with Gasteiger partial charge >= 0.3 is 0 Å². The van der Waals surface area contributed by atoms with E-state index in [9.17, 15) is 9.59 Å². The number of aromatic nitrogens is 1. The molecule has 0 saturated heterocycles. The number of pyridine rings is 1. The van der Waals surface area contributed by atoms with Gasteiger partial charge in [0.15, 0.2) is 5.43 Å². The summed E-state index contributed by atoms with van der Waals surface area (Å²) in [4.78, 5) is 32.9. The number of rotatable bonds is 2. The first-order valence-electron chi connectivity index (χ1n) is 9.63. The van der Waals surface area contributed by atoms with Crippen LogP contribution in [0.2, 0.25) is 10.0 Å². The number of halogens is 2. The van der Waals surface area contributed by atoms with Crippen molar-refractivity contribution in [3.05, 3.63) is 103 Å².